The summed E-state index contributed by atoms with van der Waals surface area (Å²) in [5.74, 6) is 1.08. The number of hydrogen-bond donors (Lipinski definition) is 2. The van der Waals surface area contributed by atoms with E-state index in [1.807, 2.05) is 48.7 Å². The third-order valence-corrected chi connectivity index (χ3v) is 4.51. The maximum Gasteiger partial charge on any atom is 0.272 e. The van der Waals surface area contributed by atoms with Crippen LogP contribution in [0.1, 0.15) is 22.7 Å². The monoisotopic (exact) mass is 342 g/mol. The molecule has 4 nitrogen and oxygen atoms in total. The van der Waals surface area contributed by atoms with Crippen molar-refractivity contribution in [2.24, 2.45) is 0 Å². The maximum atomic E-state index is 10.9. The van der Waals surface area contributed by atoms with Crippen molar-refractivity contribution < 1.29 is 10.1 Å². The standard InChI is InChI=1S/C22H19N3O/c1-15-7-9-17(10-8-15)20(25-19-6-2-3-13-23-19)18-12-11-16-5-4-14-24-21(16)22(18)26/h2-14,20,26H,1H3,(H,23,25)/p+1/t20-/m0/s1. The molecule has 0 saturated heterocycles. The molecule has 0 radical (unpaired) electrons. The lowest BCUT2D eigenvalue weighted by atomic mass is 9.95. The number of aromatic hydroxyl groups is 1. The zero-order chi connectivity index (χ0) is 17.9. The zero-order valence-corrected chi connectivity index (χ0v) is 14.5. The normalized spacial score (nSPS) is 12.0. The first kappa shape index (κ1) is 16.1. The van der Waals surface area contributed by atoms with Crippen LogP contribution in [0.3, 0.4) is 0 Å². The van der Waals surface area contributed by atoms with Gasteiger partial charge in [0.1, 0.15) is 17.3 Å². The van der Waals surface area contributed by atoms with Gasteiger partial charge in [-0.1, -0.05) is 48.0 Å². The van der Waals surface area contributed by atoms with E-state index in [2.05, 4.69) is 46.5 Å². The van der Waals surface area contributed by atoms with Gasteiger partial charge in [0.15, 0.2) is 0 Å². The molecule has 0 aliphatic rings. The highest BCUT2D eigenvalue weighted by molar-refractivity contribution is 5.85. The summed E-state index contributed by atoms with van der Waals surface area (Å²) < 4.78 is 0. The Morgan fingerprint density at radius 1 is 0.962 bits per heavy atom. The molecule has 2 aromatic carbocycles. The van der Waals surface area contributed by atoms with Crippen LogP contribution in [-0.2, 0) is 0 Å². The van der Waals surface area contributed by atoms with Crippen molar-refractivity contribution in [2.45, 2.75) is 13.0 Å². The van der Waals surface area contributed by atoms with Gasteiger partial charge in [-0.05, 0) is 25.1 Å². The molecule has 128 valence electrons. The molecule has 26 heavy (non-hydrogen) atoms. The van der Waals surface area contributed by atoms with Crippen LogP contribution >= 0.6 is 0 Å². The number of anilines is 1. The van der Waals surface area contributed by atoms with Crippen molar-refractivity contribution >= 4 is 16.7 Å². The van der Waals surface area contributed by atoms with Crippen molar-refractivity contribution in [2.75, 3.05) is 5.32 Å². The van der Waals surface area contributed by atoms with E-state index < -0.39 is 0 Å². The SMILES string of the molecule is Cc1ccc([C@H](Nc2cccc[nH+]2)c2ccc3cccnc3c2O)cc1. The second kappa shape index (κ2) is 6.84. The molecule has 0 amide bonds. The van der Waals surface area contributed by atoms with Crippen molar-refractivity contribution in [1.82, 2.24) is 4.98 Å². The first-order valence-electron chi connectivity index (χ1n) is 8.59. The molecule has 0 unspecified atom stereocenters. The Bertz CT molecular complexity index is 1030. The van der Waals surface area contributed by atoms with Gasteiger partial charge in [-0.3, -0.25) is 10.3 Å². The third kappa shape index (κ3) is 3.09. The summed E-state index contributed by atoms with van der Waals surface area (Å²) in [7, 11) is 0. The van der Waals surface area contributed by atoms with Crippen LogP contribution in [0.4, 0.5) is 5.82 Å². The summed E-state index contributed by atoms with van der Waals surface area (Å²) in [6, 6.07) is 21.8. The summed E-state index contributed by atoms with van der Waals surface area (Å²) >= 11 is 0. The highest BCUT2D eigenvalue weighted by atomic mass is 16.3. The fraction of sp³-hybridized carbons (Fsp3) is 0.0909. The molecule has 4 heteroatoms. The first-order valence-corrected chi connectivity index (χ1v) is 8.59. The quantitative estimate of drug-likeness (QED) is 0.582. The van der Waals surface area contributed by atoms with E-state index >= 15 is 0 Å². The Labute approximate surface area is 152 Å². The van der Waals surface area contributed by atoms with E-state index in [-0.39, 0.29) is 11.8 Å². The predicted octanol–water partition coefficient (Wildman–Crippen LogP) is 4.26. The number of aromatic nitrogens is 2. The maximum absolute atomic E-state index is 10.9. The highest BCUT2D eigenvalue weighted by Crippen LogP contribution is 2.35. The number of benzene rings is 2. The molecule has 4 aromatic rings. The number of pyridine rings is 2. The van der Waals surface area contributed by atoms with Crippen molar-refractivity contribution in [3.8, 4) is 5.75 Å². The Hall–Kier alpha value is -3.40. The molecule has 0 bridgehead atoms. The van der Waals surface area contributed by atoms with Gasteiger partial charge in [0.25, 0.3) is 5.82 Å². The number of fused-ring (bicyclic) bond motifs is 1. The fourth-order valence-electron chi connectivity index (χ4n) is 3.12. The number of rotatable bonds is 4. The molecule has 0 aliphatic heterocycles. The molecule has 4 rings (SSSR count). The average molecular weight is 342 g/mol. The summed E-state index contributed by atoms with van der Waals surface area (Å²) in [5, 5.41) is 15.3. The molecule has 2 heterocycles. The lowest BCUT2D eigenvalue weighted by Gasteiger charge is -2.17. The Morgan fingerprint density at radius 3 is 2.58 bits per heavy atom. The van der Waals surface area contributed by atoms with E-state index in [0.717, 1.165) is 22.3 Å². The minimum Gasteiger partial charge on any atom is -0.505 e. The molecule has 0 spiro atoms. The number of phenolic OH excluding ortho intramolecular Hbond substituents is 1. The van der Waals surface area contributed by atoms with Gasteiger partial charge in [0.05, 0.1) is 6.20 Å². The van der Waals surface area contributed by atoms with Crippen LogP contribution in [0.15, 0.2) is 79.1 Å². The van der Waals surface area contributed by atoms with Crippen LogP contribution in [0.2, 0.25) is 0 Å². The molecular formula is C22H20N3O+. The van der Waals surface area contributed by atoms with Gasteiger partial charge in [-0.2, -0.15) is 0 Å². The van der Waals surface area contributed by atoms with Gasteiger partial charge < -0.3 is 5.11 Å². The number of nitrogens with one attached hydrogen (secondary N) is 2. The minimum atomic E-state index is -0.208. The number of aryl methyl sites for hydroxylation is 1. The lowest BCUT2D eigenvalue weighted by Crippen LogP contribution is -2.18. The van der Waals surface area contributed by atoms with Crippen LogP contribution in [0.5, 0.6) is 5.75 Å². The second-order valence-corrected chi connectivity index (χ2v) is 6.34. The fourth-order valence-corrected chi connectivity index (χ4v) is 3.12. The van der Waals surface area contributed by atoms with Gasteiger partial charge in [-0.15, -0.1) is 0 Å². The third-order valence-electron chi connectivity index (χ3n) is 4.51. The lowest BCUT2D eigenvalue weighted by molar-refractivity contribution is -0.361. The highest BCUT2D eigenvalue weighted by Gasteiger charge is 2.24. The van der Waals surface area contributed by atoms with Gasteiger partial charge in [-0.25, -0.2) is 4.98 Å². The van der Waals surface area contributed by atoms with Crippen molar-refractivity contribution in [1.29, 1.82) is 0 Å². The number of phenols is 1. The topological polar surface area (TPSA) is 59.3 Å². The summed E-state index contributed by atoms with van der Waals surface area (Å²) in [6.07, 6.45) is 3.57. The largest absolute Gasteiger partial charge is 0.505 e. The summed E-state index contributed by atoms with van der Waals surface area (Å²) in [6.45, 7) is 2.06. The molecule has 0 saturated carbocycles. The Balaban J connectivity index is 1.84. The van der Waals surface area contributed by atoms with E-state index in [4.69, 9.17) is 0 Å². The van der Waals surface area contributed by atoms with Crippen LogP contribution in [0.25, 0.3) is 10.9 Å². The van der Waals surface area contributed by atoms with Crippen LogP contribution < -0.4 is 10.3 Å². The van der Waals surface area contributed by atoms with E-state index in [1.165, 1.54) is 5.56 Å². The van der Waals surface area contributed by atoms with Crippen molar-refractivity contribution in [3.63, 3.8) is 0 Å². The number of H-pyrrole nitrogens is 1. The predicted molar refractivity (Wildman–Crippen MR) is 103 cm³/mol. The molecule has 0 aliphatic carbocycles. The first-order chi connectivity index (χ1) is 12.7. The van der Waals surface area contributed by atoms with Gasteiger partial charge in [0, 0.05) is 28.8 Å². The van der Waals surface area contributed by atoms with Crippen LogP contribution in [-0.4, -0.2) is 10.1 Å². The second-order valence-electron chi connectivity index (χ2n) is 6.34. The molecule has 1 atom stereocenters. The van der Waals surface area contributed by atoms with E-state index in [0.29, 0.717) is 5.52 Å². The minimum absolute atomic E-state index is 0.206. The Morgan fingerprint density at radius 2 is 1.81 bits per heavy atom. The number of aromatic amines is 1. The molecular weight excluding hydrogens is 322 g/mol. The zero-order valence-electron chi connectivity index (χ0n) is 14.5. The van der Waals surface area contributed by atoms with E-state index in [9.17, 15) is 5.11 Å². The summed E-state index contributed by atoms with van der Waals surface area (Å²) in [5.41, 5.74) is 3.67. The molecule has 0 fully saturated rings. The summed E-state index contributed by atoms with van der Waals surface area (Å²) in [4.78, 5) is 7.55. The van der Waals surface area contributed by atoms with E-state index in [1.54, 1.807) is 6.20 Å². The molecule has 3 N–H and O–H groups in total. The van der Waals surface area contributed by atoms with Gasteiger partial charge in [0.2, 0.25) is 0 Å². The molecule has 2 aromatic heterocycles. The Kier molecular flexibility index (Phi) is 4.23. The van der Waals surface area contributed by atoms with Crippen LogP contribution in [0, 0.1) is 6.92 Å². The smallest absolute Gasteiger partial charge is 0.272 e. The number of hydrogen-bond acceptors (Lipinski definition) is 3. The average Bonchev–Trinajstić information content (AvgIpc) is 2.69. The van der Waals surface area contributed by atoms with Crippen molar-refractivity contribution in [3.05, 3.63) is 95.8 Å². The number of nitrogens with zero attached hydrogens (tertiary/aromatic N) is 1. The van der Waals surface area contributed by atoms with Gasteiger partial charge >= 0.3 is 0 Å².